The number of thiol groups is 1. The van der Waals surface area contributed by atoms with Crippen LogP contribution in [0.15, 0.2) is 0 Å². The summed E-state index contributed by atoms with van der Waals surface area (Å²) in [6.07, 6.45) is 0. The minimum absolute atomic E-state index is 0. The Kier molecular flexibility index (Phi) is 26.5. The van der Waals surface area contributed by atoms with Crippen LogP contribution in [0.1, 0.15) is 0 Å². The lowest BCUT2D eigenvalue weighted by Crippen LogP contribution is -1.86. The summed E-state index contributed by atoms with van der Waals surface area (Å²) in [6, 6.07) is 0. The quantitative estimate of drug-likeness (QED) is 0.285. The first-order valence-electron chi connectivity index (χ1n) is 1.15. The van der Waals surface area contributed by atoms with Crippen molar-refractivity contribution >= 4 is 32.9 Å². The van der Waals surface area contributed by atoms with Gasteiger partial charge in [-0.15, -0.1) is 0 Å². The first-order valence-corrected chi connectivity index (χ1v) is 3.99. The second kappa shape index (κ2) is 11.8. The molecule has 0 amide bonds. The van der Waals surface area contributed by atoms with E-state index in [0.29, 0.717) is 0 Å². The van der Waals surface area contributed by atoms with Gasteiger partial charge in [0.25, 0.3) is 9.05 Å². The maximum absolute atomic E-state index is 9.11. The second-order valence-electron chi connectivity index (χ2n) is 0.548. The highest BCUT2D eigenvalue weighted by Crippen LogP contribution is 1.62. The number of hydrogen-bond donors (Lipinski definition) is 5. The Bertz CT molecular complexity index is 160. The van der Waals surface area contributed by atoms with Gasteiger partial charge in [0.1, 0.15) is 5.40 Å². The first kappa shape index (κ1) is 22.5. The van der Waals surface area contributed by atoms with Crippen molar-refractivity contribution in [2.75, 3.05) is 0 Å². The van der Waals surface area contributed by atoms with Crippen LogP contribution in [-0.2, 0) is 20.2 Å². The van der Waals surface area contributed by atoms with E-state index in [0.717, 1.165) is 0 Å². The SMILES string of the molecule is N.N.N#CS.O=S(O)(O)=S. The predicted octanol–water partition coefficient (Wildman–Crippen LogP) is 0.400. The highest BCUT2D eigenvalue weighted by atomic mass is 32.9. The van der Waals surface area contributed by atoms with E-state index in [1.165, 1.54) is 5.40 Å². The summed E-state index contributed by atoms with van der Waals surface area (Å²) in [5, 5.41) is 8.63. The summed E-state index contributed by atoms with van der Waals surface area (Å²) in [4.78, 5) is 0. The molecule has 0 saturated carbocycles. The standard InChI is InChI=1S/CHNS.2H3N.H2O3S2/c2-1-3;;;1-5(2,3)4/h3H;2*1H3;(H2,1,2,3,4). The molecular weight excluding hydrogens is 198 g/mol. The van der Waals surface area contributed by atoms with Gasteiger partial charge in [-0.05, 0) is 0 Å². The van der Waals surface area contributed by atoms with Gasteiger partial charge in [0.2, 0.25) is 0 Å². The molecule has 0 aliphatic heterocycles. The lowest BCUT2D eigenvalue weighted by Gasteiger charge is -1.73. The molecule has 0 heterocycles. The van der Waals surface area contributed by atoms with Crippen molar-refractivity contribution in [3.63, 3.8) is 0 Å². The fraction of sp³-hybridized carbons (Fsp3) is 0. The summed E-state index contributed by atoms with van der Waals surface area (Å²) < 4.78 is 24.0. The van der Waals surface area contributed by atoms with Gasteiger partial charge in [-0.2, -0.15) is 9.47 Å². The van der Waals surface area contributed by atoms with Crippen molar-refractivity contribution in [3.05, 3.63) is 0 Å². The zero-order valence-electron chi connectivity index (χ0n) is 4.93. The van der Waals surface area contributed by atoms with Crippen LogP contribution in [-0.4, -0.2) is 13.3 Å². The average Bonchev–Trinajstić information content (AvgIpc) is 1.27. The van der Waals surface area contributed by atoms with Crippen molar-refractivity contribution in [2.45, 2.75) is 0 Å². The van der Waals surface area contributed by atoms with Crippen LogP contribution in [0.25, 0.3) is 0 Å². The van der Waals surface area contributed by atoms with E-state index in [1.54, 1.807) is 0 Å². The second-order valence-corrected chi connectivity index (χ2v) is 2.95. The Hall–Kier alpha value is 0.0500. The number of rotatable bonds is 0. The van der Waals surface area contributed by atoms with Crippen molar-refractivity contribution in [3.8, 4) is 5.40 Å². The molecule has 0 atom stereocenters. The summed E-state index contributed by atoms with van der Waals surface area (Å²) >= 11 is 6.56. The molecule has 0 spiro atoms. The van der Waals surface area contributed by atoms with Crippen molar-refractivity contribution < 1.29 is 13.3 Å². The molecule has 0 aromatic heterocycles. The van der Waals surface area contributed by atoms with Gasteiger partial charge in [0.05, 0.1) is 0 Å². The zero-order chi connectivity index (χ0) is 7.21. The van der Waals surface area contributed by atoms with E-state index in [4.69, 9.17) is 18.6 Å². The topological polar surface area (TPSA) is 151 Å². The summed E-state index contributed by atoms with van der Waals surface area (Å²) in [6.45, 7) is 0. The highest BCUT2D eigenvalue weighted by Gasteiger charge is 1.78. The molecule has 9 heteroatoms. The van der Waals surface area contributed by atoms with E-state index >= 15 is 0 Å². The van der Waals surface area contributed by atoms with Crippen LogP contribution < -0.4 is 12.3 Å². The molecule has 64 valence electrons. The first-order chi connectivity index (χ1) is 3.41. The van der Waals surface area contributed by atoms with Crippen molar-refractivity contribution in [1.29, 1.82) is 5.26 Å². The Balaban J connectivity index is -0.0000000326. The van der Waals surface area contributed by atoms with Crippen LogP contribution in [0.2, 0.25) is 0 Å². The molecule has 0 aromatic rings. The normalized spacial score (nSPS) is 6.60. The van der Waals surface area contributed by atoms with E-state index < -0.39 is 9.05 Å². The van der Waals surface area contributed by atoms with E-state index in [2.05, 4.69) is 23.8 Å². The number of nitrogens with zero attached hydrogens (tertiary/aromatic N) is 1. The minimum Gasteiger partial charge on any atom is -0.344 e. The molecule has 0 unspecified atom stereocenters. The Morgan fingerprint density at radius 3 is 1.50 bits per heavy atom. The van der Waals surface area contributed by atoms with Crippen LogP contribution in [0.3, 0.4) is 0 Å². The van der Waals surface area contributed by atoms with Crippen LogP contribution in [0.4, 0.5) is 0 Å². The van der Waals surface area contributed by atoms with Gasteiger partial charge in [-0.25, -0.2) is 0 Å². The van der Waals surface area contributed by atoms with Crippen LogP contribution >= 0.6 is 12.6 Å². The van der Waals surface area contributed by atoms with E-state index in [1.807, 2.05) is 0 Å². The maximum Gasteiger partial charge on any atom is 0.263 e. The van der Waals surface area contributed by atoms with Gasteiger partial charge >= 0.3 is 0 Å². The number of thiocyanates is 1. The molecule has 0 radical (unpaired) electrons. The van der Waals surface area contributed by atoms with Gasteiger partial charge in [0.15, 0.2) is 0 Å². The summed E-state index contributed by atoms with van der Waals surface area (Å²) in [5.74, 6) is 0. The molecule has 8 N–H and O–H groups in total. The zero-order valence-corrected chi connectivity index (χ0v) is 7.46. The Morgan fingerprint density at radius 1 is 1.50 bits per heavy atom. The van der Waals surface area contributed by atoms with Gasteiger partial charge in [0, 0.05) is 11.2 Å². The largest absolute Gasteiger partial charge is 0.344 e. The maximum atomic E-state index is 9.11. The fourth-order valence-electron chi connectivity index (χ4n) is 0. The average molecular weight is 207 g/mol. The summed E-state index contributed by atoms with van der Waals surface area (Å²) in [5.41, 5.74) is 0. The molecule has 10 heavy (non-hydrogen) atoms. The lowest BCUT2D eigenvalue weighted by atomic mass is 11.8. The lowest BCUT2D eigenvalue weighted by molar-refractivity contribution is 0.450. The third kappa shape index (κ3) is 160000. The molecule has 0 aliphatic rings. The number of nitriles is 1. The fourth-order valence-corrected chi connectivity index (χ4v) is 0. The predicted molar refractivity (Wildman–Crippen MR) is 45.4 cm³/mol. The molecule has 0 rings (SSSR count). The van der Waals surface area contributed by atoms with Gasteiger partial charge in [-0.1, -0.05) is 12.6 Å². The third-order valence-corrected chi connectivity index (χ3v) is 0. The van der Waals surface area contributed by atoms with Crippen molar-refractivity contribution in [1.82, 2.24) is 12.3 Å². The summed E-state index contributed by atoms with van der Waals surface area (Å²) in [7, 11) is -3.83. The molecule has 0 bridgehead atoms. The van der Waals surface area contributed by atoms with Crippen LogP contribution in [0, 0.1) is 10.7 Å². The highest BCUT2D eigenvalue weighted by molar-refractivity contribution is 8.26. The van der Waals surface area contributed by atoms with E-state index in [-0.39, 0.29) is 12.3 Å². The smallest absolute Gasteiger partial charge is 0.263 e. The third-order valence-electron chi connectivity index (χ3n) is 0. The monoisotopic (exact) mass is 207 g/mol. The van der Waals surface area contributed by atoms with Gasteiger partial charge in [-0.3, -0.25) is 9.11 Å². The molecule has 0 fully saturated rings. The molecule has 0 aliphatic carbocycles. The van der Waals surface area contributed by atoms with Gasteiger partial charge < -0.3 is 12.3 Å². The molecule has 0 saturated heterocycles. The van der Waals surface area contributed by atoms with E-state index in [9.17, 15) is 0 Å². The number of hydrogen-bond acceptors (Lipinski definition) is 6. The molecular formula is CH9N3O3S3. The van der Waals surface area contributed by atoms with Crippen LogP contribution in [0.5, 0.6) is 0 Å². The Morgan fingerprint density at radius 2 is 1.50 bits per heavy atom. The molecule has 6 nitrogen and oxygen atoms in total. The Labute approximate surface area is 69.5 Å². The minimum atomic E-state index is -3.83. The molecule has 0 aromatic carbocycles. The van der Waals surface area contributed by atoms with Crippen molar-refractivity contribution in [2.24, 2.45) is 0 Å².